The van der Waals surface area contributed by atoms with Gasteiger partial charge in [0.15, 0.2) is 0 Å². The van der Waals surface area contributed by atoms with Gasteiger partial charge in [0.2, 0.25) is 10.0 Å². The van der Waals surface area contributed by atoms with Crippen LogP contribution in [0.2, 0.25) is 0 Å². The number of rotatable bonds is 11. The van der Waals surface area contributed by atoms with Crippen LogP contribution in [-0.4, -0.2) is 40.5 Å². The predicted octanol–water partition coefficient (Wildman–Crippen LogP) is 0.461. The van der Waals surface area contributed by atoms with Crippen molar-refractivity contribution in [3.05, 3.63) is 0 Å². The van der Waals surface area contributed by atoms with Gasteiger partial charge in [0.1, 0.15) is 0 Å². The van der Waals surface area contributed by atoms with Crippen molar-refractivity contribution < 1.29 is 13.2 Å². The van der Waals surface area contributed by atoms with Gasteiger partial charge in [-0.15, -0.1) is 0 Å². The second kappa shape index (κ2) is 10.0. The minimum atomic E-state index is -3.13. The Balaban J connectivity index is 3.36. The molecule has 0 saturated heterocycles. The molecule has 0 saturated carbocycles. The molecule has 0 amide bonds. The first-order chi connectivity index (χ1) is 7.62. The molecule has 0 atom stereocenters. The second-order valence-electron chi connectivity index (χ2n) is 3.67. The van der Waals surface area contributed by atoms with Gasteiger partial charge < -0.3 is 10.5 Å². The normalized spacial score (nSPS) is 11.9. The predicted molar refractivity (Wildman–Crippen MR) is 65.8 cm³/mol. The van der Waals surface area contributed by atoms with Gasteiger partial charge in [-0.2, -0.15) is 0 Å². The van der Waals surface area contributed by atoms with Gasteiger partial charge in [0.25, 0.3) is 0 Å². The van der Waals surface area contributed by atoms with Crippen LogP contribution in [0.15, 0.2) is 0 Å². The molecule has 3 N–H and O–H groups in total. The Kier molecular flexibility index (Phi) is 9.91. The standard InChI is InChI=1S/C10H24N2O3S/c1-2-3-8-15-9-5-7-12-16(13,14)10-4-6-11/h12H,2-11H2,1H3. The molecule has 0 radical (unpaired) electrons. The van der Waals surface area contributed by atoms with Crippen molar-refractivity contribution in [3.8, 4) is 0 Å². The van der Waals surface area contributed by atoms with E-state index < -0.39 is 10.0 Å². The number of nitrogens with one attached hydrogen (secondary N) is 1. The molecule has 0 rings (SSSR count). The largest absolute Gasteiger partial charge is 0.381 e. The molecule has 0 aromatic heterocycles. The first-order valence-corrected chi connectivity index (χ1v) is 7.52. The van der Waals surface area contributed by atoms with E-state index in [1.54, 1.807) is 0 Å². The summed E-state index contributed by atoms with van der Waals surface area (Å²) in [6, 6.07) is 0. The Hall–Kier alpha value is -0.170. The topological polar surface area (TPSA) is 81.4 Å². The van der Waals surface area contributed by atoms with Crippen LogP contribution in [0.4, 0.5) is 0 Å². The number of sulfonamides is 1. The Morgan fingerprint density at radius 3 is 2.50 bits per heavy atom. The van der Waals surface area contributed by atoms with Crippen molar-refractivity contribution in [2.75, 3.05) is 32.1 Å². The van der Waals surface area contributed by atoms with Crippen LogP contribution in [0.1, 0.15) is 32.6 Å². The number of hydrogen-bond donors (Lipinski definition) is 2. The molecular weight excluding hydrogens is 228 g/mol. The molecule has 16 heavy (non-hydrogen) atoms. The van der Waals surface area contributed by atoms with Gasteiger partial charge in [0.05, 0.1) is 5.75 Å². The summed E-state index contributed by atoms with van der Waals surface area (Å²) >= 11 is 0. The maximum atomic E-state index is 11.3. The maximum absolute atomic E-state index is 11.3. The zero-order valence-electron chi connectivity index (χ0n) is 10.1. The average molecular weight is 252 g/mol. The van der Waals surface area contributed by atoms with Crippen LogP contribution in [0.3, 0.4) is 0 Å². The quantitative estimate of drug-likeness (QED) is 0.523. The first kappa shape index (κ1) is 15.8. The van der Waals surface area contributed by atoms with E-state index in [4.69, 9.17) is 10.5 Å². The molecule has 0 aromatic carbocycles. The Morgan fingerprint density at radius 1 is 1.19 bits per heavy atom. The highest BCUT2D eigenvalue weighted by molar-refractivity contribution is 7.89. The van der Waals surface area contributed by atoms with E-state index in [1.165, 1.54) is 0 Å². The number of ether oxygens (including phenoxy) is 1. The molecule has 0 unspecified atom stereocenters. The molecule has 0 heterocycles. The van der Waals surface area contributed by atoms with Gasteiger partial charge in [-0.3, -0.25) is 0 Å². The van der Waals surface area contributed by atoms with Crippen molar-refractivity contribution in [1.82, 2.24) is 4.72 Å². The van der Waals surface area contributed by atoms with Crippen molar-refractivity contribution >= 4 is 10.0 Å². The van der Waals surface area contributed by atoms with Gasteiger partial charge in [-0.25, -0.2) is 13.1 Å². The summed E-state index contributed by atoms with van der Waals surface area (Å²) in [6.45, 7) is 4.32. The van der Waals surface area contributed by atoms with Gasteiger partial charge >= 0.3 is 0 Å². The summed E-state index contributed by atoms with van der Waals surface area (Å²) in [5.74, 6) is 0.111. The van der Waals surface area contributed by atoms with E-state index in [0.29, 0.717) is 32.5 Å². The third-order valence-electron chi connectivity index (χ3n) is 2.05. The highest BCUT2D eigenvalue weighted by Gasteiger charge is 2.07. The fraction of sp³-hybridized carbons (Fsp3) is 1.00. The fourth-order valence-electron chi connectivity index (χ4n) is 1.10. The van der Waals surface area contributed by atoms with Crippen molar-refractivity contribution in [1.29, 1.82) is 0 Å². The lowest BCUT2D eigenvalue weighted by molar-refractivity contribution is 0.130. The molecule has 5 nitrogen and oxygen atoms in total. The molecular formula is C10H24N2O3S. The van der Waals surface area contributed by atoms with Crippen LogP contribution < -0.4 is 10.5 Å². The molecule has 0 fully saturated rings. The number of nitrogens with two attached hydrogens (primary N) is 1. The molecule has 0 aliphatic rings. The highest BCUT2D eigenvalue weighted by atomic mass is 32.2. The van der Waals surface area contributed by atoms with E-state index in [-0.39, 0.29) is 5.75 Å². The molecule has 0 spiro atoms. The zero-order valence-corrected chi connectivity index (χ0v) is 10.9. The van der Waals surface area contributed by atoms with Crippen LogP contribution >= 0.6 is 0 Å². The maximum Gasteiger partial charge on any atom is 0.211 e. The monoisotopic (exact) mass is 252 g/mol. The van der Waals surface area contributed by atoms with Crippen LogP contribution in [0.5, 0.6) is 0 Å². The lowest BCUT2D eigenvalue weighted by atomic mass is 10.4. The average Bonchev–Trinajstić information content (AvgIpc) is 2.25. The van der Waals surface area contributed by atoms with Gasteiger partial charge in [-0.1, -0.05) is 13.3 Å². The van der Waals surface area contributed by atoms with E-state index in [9.17, 15) is 8.42 Å². The number of hydrogen-bond acceptors (Lipinski definition) is 4. The fourth-order valence-corrected chi connectivity index (χ4v) is 2.24. The third kappa shape index (κ3) is 10.4. The van der Waals surface area contributed by atoms with E-state index in [0.717, 1.165) is 19.4 Å². The lowest BCUT2D eigenvalue weighted by Gasteiger charge is -2.06. The van der Waals surface area contributed by atoms with Crippen molar-refractivity contribution in [2.45, 2.75) is 32.6 Å². The summed E-state index contributed by atoms with van der Waals surface area (Å²) in [4.78, 5) is 0. The molecule has 98 valence electrons. The summed E-state index contributed by atoms with van der Waals surface area (Å²) in [6.07, 6.45) is 3.39. The minimum Gasteiger partial charge on any atom is -0.381 e. The molecule has 6 heteroatoms. The summed E-state index contributed by atoms with van der Waals surface area (Å²) in [7, 11) is -3.13. The van der Waals surface area contributed by atoms with E-state index in [1.807, 2.05) is 0 Å². The van der Waals surface area contributed by atoms with E-state index in [2.05, 4.69) is 11.6 Å². The Labute approximate surface area is 98.8 Å². The number of unbranched alkanes of at least 4 members (excludes halogenated alkanes) is 1. The molecule has 0 aliphatic heterocycles. The second-order valence-corrected chi connectivity index (χ2v) is 5.60. The van der Waals surface area contributed by atoms with Crippen LogP contribution in [-0.2, 0) is 14.8 Å². The molecule has 0 bridgehead atoms. The van der Waals surface area contributed by atoms with E-state index >= 15 is 0 Å². The highest BCUT2D eigenvalue weighted by Crippen LogP contribution is 1.91. The Morgan fingerprint density at radius 2 is 1.88 bits per heavy atom. The van der Waals surface area contributed by atoms with Crippen LogP contribution in [0.25, 0.3) is 0 Å². The van der Waals surface area contributed by atoms with Crippen molar-refractivity contribution in [2.24, 2.45) is 5.73 Å². The third-order valence-corrected chi connectivity index (χ3v) is 3.52. The van der Waals surface area contributed by atoms with Crippen LogP contribution in [0, 0.1) is 0 Å². The molecule has 0 aromatic rings. The molecule has 0 aliphatic carbocycles. The van der Waals surface area contributed by atoms with Gasteiger partial charge in [-0.05, 0) is 25.8 Å². The summed E-state index contributed by atoms with van der Waals surface area (Å²) in [5.41, 5.74) is 5.25. The van der Waals surface area contributed by atoms with Gasteiger partial charge in [0, 0.05) is 19.8 Å². The zero-order chi connectivity index (χ0) is 12.3. The minimum absolute atomic E-state index is 0.111. The summed E-state index contributed by atoms with van der Waals surface area (Å²) < 4.78 is 30.5. The lowest BCUT2D eigenvalue weighted by Crippen LogP contribution is -2.28. The van der Waals surface area contributed by atoms with Crippen molar-refractivity contribution in [3.63, 3.8) is 0 Å². The SMILES string of the molecule is CCCCOCCCNS(=O)(=O)CCCN. The smallest absolute Gasteiger partial charge is 0.211 e. The summed E-state index contributed by atoms with van der Waals surface area (Å²) in [5, 5.41) is 0. The first-order valence-electron chi connectivity index (χ1n) is 5.87. The Bertz CT molecular complexity index is 242.